The van der Waals surface area contributed by atoms with Gasteiger partial charge in [-0.1, -0.05) is 24.3 Å². The molecule has 0 saturated carbocycles. The van der Waals surface area contributed by atoms with E-state index in [0.29, 0.717) is 11.3 Å². The van der Waals surface area contributed by atoms with Crippen molar-refractivity contribution in [3.8, 4) is 0 Å². The summed E-state index contributed by atoms with van der Waals surface area (Å²) >= 11 is 3.44. The topological polar surface area (TPSA) is 75.1 Å². The molecular formula is C15H10BrN3O2. The van der Waals surface area contributed by atoms with Crippen LogP contribution in [0.25, 0.3) is 10.9 Å². The number of carbonyl (C=O) groups is 1. The smallest absolute Gasteiger partial charge is 0.374 e. The van der Waals surface area contributed by atoms with Crippen LogP contribution in [0.3, 0.4) is 0 Å². The van der Waals surface area contributed by atoms with Gasteiger partial charge in [0, 0.05) is 9.86 Å². The van der Waals surface area contributed by atoms with Gasteiger partial charge in [-0.25, -0.2) is 14.8 Å². The van der Waals surface area contributed by atoms with Gasteiger partial charge in [-0.3, -0.25) is 0 Å². The maximum Gasteiger partial charge on any atom is 0.374 e. The number of nitrogens with one attached hydrogen (secondary N) is 1. The van der Waals surface area contributed by atoms with E-state index in [0.717, 1.165) is 15.5 Å². The number of para-hydroxylation sites is 2. The summed E-state index contributed by atoms with van der Waals surface area (Å²) in [4.78, 5) is 19.3. The molecule has 21 heavy (non-hydrogen) atoms. The minimum Gasteiger partial charge on any atom is -0.475 e. The number of halogens is 1. The largest absolute Gasteiger partial charge is 0.475 e. The predicted molar refractivity (Wildman–Crippen MR) is 83.9 cm³/mol. The molecule has 6 heteroatoms. The summed E-state index contributed by atoms with van der Waals surface area (Å²) in [7, 11) is 0. The Morgan fingerprint density at radius 2 is 1.76 bits per heavy atom. The molecule has 0 fully saturated rings. The normalized spacial score (nSPS) is 10.5. The van der Waals surface area contributed by atoms with Crippen LogP contribution >= 0.6 is 15.9 Å². The van der Waals surface area contributed by atoms with Gasteiger partial charge in [-0.2, -0.15) is 0 Å². The number of aromatic nitrogens is 2. The average molecular weight is 344 g/mol. The molecule has 0 unspecified atom stereocenters. The first-order valence-electron chi connectivity index (χ1n) is 6.17. The fraction of sp³-hybridized carbons (Fsp3) is 0. The molecule has 0 aliphatic heterocycles. The summed E-state index contributed by atoms with van der Waals surface area (Å²) in [5, 5.41) is 13.0. The zero-order valence-corrected chi connectivity index (χ0v) is 12.3. The molecular weight excluding hydrogens is 334 g/mol. The van der Waals surface area contributed by atoms with Crippen LogP contribution < -0.4 is 5.32 Å². The lowest BCUT2D eigenvalue weighted by Crippen LogP contribution is -2.07. The Morgan fingerprint density at radius 1 is 1.05 bits per heavy atom. The van der Waals surface area contributed by atoms with Crippen LogP contribution in [0.1, 0.15) is 10.6 Å². The molecule has 1 heterocycles. The predicted octanol–water partition coefficient (Wildman–Crippen LogP) is 3.83. The van der Waals surface area contributed by atoms with Gasteiger partial charge in [0.05, 0.1) is 11.2 Å². The van der Waals surface area contributed by atoms with E-state index in [2.05, 4.69) is 31.2 Å². The highest BCUT2D eigenvalue weighted by Crippen LogP contribution is 2.28. The molecule has 0 aliphatic rings. The Morgan fingerprint density at radius 3 is 2.52 bits per heavy atom. The average Bonchev–Trinajstić information content (AvgIpc) is 2.49. The van der Waals surface area contributed by atoms with Gasteiger partial charge in [0.2, 0.25) is 5.82 Å². The number of carboxylic acids is 1. The van der Waals surface area contributed by atoms with Crippen LogP contribution in [-0.2, 0) is 0 Å². The molecule has 2 N–H and O–H groups in total. The SMILES string of the molecule is O=C(O)c1nc(Nc2ccccc2Br)c2ccccc2n1. The van der Waals surface area contributed by atoms with Gasteiger partial charge < -0.3 is 10.4 Å². The first-order chi connectivity index (χ1) is 10.1. The van der Waals surface area contributed by atoms with E-state index < -0.39 is 5.97 Å². The Labute approximate surface area is 128 Å². The van der Waals surface area contributed by atoms with E-state index >= 15 is 0 Å². The van der Waals surface area contributed by atoms with Crippen molar-refractivity contribution in [3.63, 3.8) is 0 Å². The molecule has 1 aromatic heterocycles. The van der Waals surface area contributed by atoms with Gasteiger partial charge in [0.25, 0.3) is 0 Å². The van der Waals surface area contributed by atoms with Crippen molar-refractivity contribution in [1.29, 1.82) is 0 Å². The number of hydrogen-bond donors (Lipinski definition) is 2. The maximum absolute atomic E-state index is 11.2. The molecule has 3 aromatic rings. The van der Waals surface area contributed by atoms with E-state index in [-0.39, 0.29) is 5.82 Å². The Bertz CT molecular complexity index is 836. The second kappa shape index (κ2) is 5.49. The number of rotatable bonds is 3. The van der Waals surface area contributed by atoms with Gasteiger partial charge in [-0.05, 0) is 40.2 Å². The summed E-state index contributed by atoms with van der Waals surface area (Å²) in [5.41, 5.74) is 1.39. The summed E-state index contributed by atoms with van der Waals surface area (Å²) in [5.74, 6) is -0.927. The lowest BCUT2D eigenvalue weighted by molar-refractivity contribution is 0.0684. The van der Waals surface area contributed by atoms with Crippen LogP contribution in [0.15, 0.2) is 53.0 Å². The summed E-state index contributed by atoms with van der Waals surface area (Å²) < 4.78 is 0.865. The highest BCUT2D eigenvalue weighted by atomic mass is 79.9. The lowest BCUT2D eigenvalue weighted by atomic mass is 10.2. The molecule has 0 spiro atoms. The van der Waals surface area contributed by atoms with Crippen molar-refractivity contribution in [2.45, 2.75) is 0 Å². The van der Waals surface area contributed by atoms with Crippen molar-refractivity contribution in [3.05, 3.63) is 58.8 Å². The van der Waals surface area contributed by atoms with E-state index in [1.54, 1.807) is 6.07 Å². The van der Waals surface area contributed by atoms with Crippen LogP contribution in [-0.4, -0.2) is 21.0 Å². The minimum absolute atomic E-state index is 0.233. The van der Waals surface area contributed by atoms with Gasteiger partial charge in [0.1, 0.15) is 5.82 Å². The minimum atomic E-state index is -1.16. The summed E-state index contributed by atoms with van der Waals surface area (Å²) in [6.07, 6.45) is 0. The van der Waals surface area contributed by atoms with Crippen molar-refractivity contribution in [1.82, 2.24) is 9.97 Å². The monoisotopic (exact) mass is 343 g/mol. The Balaban J connectivity index is 2.16. The molecule has 0 radical (unpaired) electrons. The van der Waals surface area contributed by atoms with E-state index in [1.165, 1.54) is 0 Å². The highest BCUT2D eigenvalue weighted by Gasteiger charge is 2.13. The molecule has 5 nitrogen and oxygen atoms in total. The van der Waals surface area contributed by atoms with Crippen LogP contribution in [0, 0.1) is 0 Å². The molecule has 3 rings (SSSR count). The number of benzene rings is 2. The zero-order chi connectivity index (χ0) is 14.8. The number of nitrogens with zero attached hydrogens (tertiary/aromatic N) is 2. The number of carboxylic acid groups (broad SMARTS) is 1. The fourth-order valence-corrected chi connectivity index (χ4v) is 2.34. The summed E-state index contributed by atoms with van der Waals surface area (Å²) in [6, 6.07) is 14.8. The maximum atomic E-state index is 11.2. The second-order valence-corrected chi connectivity index (χ2v) is 5.18. The molecule has 104 valence electrons. The summed E-state index contributed by atoms with van der Waals surface area (Å²) in [6.45, 7) is 0. The molecule has 0 bridgehead atoms. The Hall–Kier alpha value is -2.47. The first kappa shape index (κ1) is 13.5. The van der Waals surface area contributed by atoms with Crippen molar-refractivity contribution >= 4 is 44.3 Å². The lowest BCUT2D eigenvalue weighted by Gasteiger charge is -2.10. The van der Waals surface area contributed by atoms with Crippen LogP contribution in [0.5, 0.6) is 0 Å². The van der Waals surface area contributed by atoms with Gasteiger partial charge >= 0.3 is 5.97 Å². The van der Waals surface area contributed by atoms with Gasteiger partial charge in [0.15, 0.2) is 0 Å². The van der Waals surface area contributed by atoms with Crippen LogP contribution in [0.4, 0.5) is 11.5 Å². The van der Waals surface area contributed by atoms with Crippen molar-refractivity contribution < 1.29 is 9.90 Å². The van der Waals surface area contributed by atoms with E-state index in [1.807, 2.05) is 42.5 Å². The first-order valence-corrected chi connectivity index (χ1v) is 6.96. The van der Waals surface area contributed by atoms with Crippen molar-refractivity contribution in [2.75, 3.05) is 5.32 Å². The van der Waals surface area contributed by atoms with Crippen molar-refractivity contribution in [2.24, 2.45) is 0 Å². The number of anilines is 2. The highest BCUT2D eigenvalue weighted by molar-refractivity contribution is 9.10. The number of fused-ring (bicyclic) bond motifs is 1. The van der Waals surface area contributed by atoms with E-state index in [4.69, 9.17) is 5.11 Å². The number of aromatic carboxylic acids is 1. The number of hydrogen-bond acceptors (Lipinski definition) is 4. The third-order valence-electron chi connectivity index (χ3n) is 2.92. The third kappa shape index (κ3) is 2.71. The Kier molecular flexibility index (Phi) is 3.53. The molecule has 0 amide bonds. The van der Waals surface area contributed by atoms with Crippen LogP contribution in [0.2, 0.25) is 0 Å². The second-order valence-electron chi connectivity index (χ2n) is 4.32. The molecule has 0 saturated heterocycles. The van der Waals surface area contributed by atoms with Gasteiger partial charge in [-0.15, -0.1) is 0 Å². The molecule has 0 atom stereocenters. The standard InChI is InChI=1S/C15H10BrN3O2/c16-10-6-2-4-8-12(10)18-13-9-5-1-3-7-11(9)17-14(19-13)15(20)21/h1-8H,(H,20,21)(H,17,18,19). The molecule has 2 aromatic carbocycles. The van der Waals surface area contributed by atoms with E-state index in [9.17, 15) is 4.79 Å². The fourth-order valence-electron chi connectivity index (χ4n) is 1.96. The zero-order valence-electron chi connectivity index (χ0n) is 10.7. The quantitative estimate of drug-likeness (QED) is 0.755. The molecule has 0 aliphatic carbocycles. The third-order valence-corrected chi connectivity index (χ3v) is 3.61.